The first kappa shape index (κ1) is 23.1. The zero-order valence-corrected chi connectivity index (χ0v) is 19.2. The monoisotopic (exact) mass is 474 g/mol. The molecule has 3 atom stereocenters. The van der Waals surface area contributed by atoms with Gasteiger partial charge < -0.3 is 14.6 Å². The van der Waals surface area contributed by atoms with Crippen molar-refractivity contribution in [3.8, 4) is 0 Å². The van der Waals surface area contributed by atoms with E-state index in [0.29, 0.717) is 18.4 Å². The Morgan fingerprint density at radius 3 is 2.70 bits per heavy atom. The minimum atomic E-state index is -3.98. The molecule has 2 aromatic heterocycles. The Morgan fingerprint density at radius 1 is 1.27 bits per heavy atom. The van der Waals surface area contributed by atoms with Crippen LogP contribution in [0.5, 0.6) is 0 Å². The van der Waals surface area contributed by atoms with Gasteiger partial charge in [0.25, 0.3) is 15.9 Å². The molecule has 3 unspecified atom stereocenters. The number of ketones is 1. The molecule has 1 N–H and O–H groups in total. The number of pyridine rings is 1. The fraction of sp³-hybridized carbons (Fsp3) is 0.455. The summed E-state index contributed by atoms with van der Waals surface area (Å²) in [6.45, 7) is 3.77. The summed E-state index contributed by atoms with van der Waals surface area (Å²) in [4.78, 5) is 44.2. The van der Waals surface area contributed by atoms with Crippen LogP contribution in [0.25, 0.3) is 0 Å². The summed E-state index contributed by atoms with van der Waals surface area (Å²) in [6, 6.07) is 3.68. The van der Waals surface area contributed by atoms with Gasteiger partial charge in [-0.1, -0.05) is 19.9 Å². The average molecular weight is 475 g/mol. The number of amides is 2. The van der Waals surface area contributed by atoms with Crippen molar-refractivity contribution in [2.45, 2.75) is 49.8 Å². The second-order valence-corrected chi connectivity index (χ2v) is 10.5. The highest BCUT2D eigenvalue weighted by Crippen LogP contribution is 2.34. The van der Waals surface area contributed by atoms with Crippen molar-refractivity contribution < 1.29 is 27.2 Å². The molecule has 2 aliphatic heterocycles. The van der Waals surface area contributed by atoms with Crippen molar-refractivity contribution in [1.29, 1.82) is 0 Å². The third-order valence-corrected chi connectivity index (χ3v) is 7.75. The molecule has 0 radical (unpaired) electrons. The lowest BCUT2D eigenvalue weighted by atomic mass is 10.0. The highest BCUT2D eigenvalue weighted by Gasteiger charge is 2.54. The Kier molecular flexibility index (Phi) is 6.35. The Morgan fingerprint density at radius 2 is 2.06 bits per heavy atom. The molecule has 4 rings (SSSR count). The lowest BCUT2D eigenvalue weighted by Gasteiger charge is -2.29. The van der Waals surface area contributed by atoms with Gasteiger partial charge in [-0.15, -0.1) is 0 Å². The van der Waals surface area contributed by atoms with Crippen LogP contribution in [0.2, 0.25) is 0 Å². The zero-order valence-electron chi connectivity index (χ0n) is 18.4. The zero-order chi connectivity index (χ0) is 23.8. The van der Waals surface area contributed by atoms with Crippen LogP contribution < -0.4 is 5.32 Å². The summed E-state index contributed by atoms with van der Waals surface area (Å²) >= 11 is 0. The number of fused-ring (bicyclic) bond motifs is 1. The number of likely N-dealkylation sites (tertiary alicyclic amines) is 1. The van der Waals surface area contributed by atoms with E-state index in [0.717, 1.165) is 4.31 Å². The molecule has 176 valence electrons. The molecule has 0 spiro atoms. The normalized spacial score (nSPS) is 21.9. The minimum Gasteiger partial charge on any atom is -0.472 e. The van der Waals surface area contributed by atoms with Crippen molar-refractivity contribution in [3.63, 3.8) is 0 Å². The van der Waals surface area contributed by atoms with Crippen molar-refractivity contribution in [1.82, 2.24) is 19.5 Å². The third kappa shape index (κ3) is 4.42. The summed E-state index contributed by atoms with van der Waals surface area (Å²) in [6.07, 6.45) is 4.75. The predicted molar refractivity (Wildman–Crippen MR) is 116 cm³/mol. The number of nitrogens with one attached hydrogen (secondary N) is 1. The van der Waals surface area contributed by atoms with Crippen molar-refractivity contribution in [2.24, 2.45) is 5.92 Å². The van der Waals surface area contributed by atoms with Gasteiger partial charge in [0.15, 0.2) is 10.8 Å². The number of sulfonamides is 1. The maximum absolute atomic E-state index is 13.5. The van der Waals surface area contributed by atoms with Crippen molar-refractivity contribution in [3.05, 3.63) is 48.6 Å². The van der Waals surface area contributed by atoms with E-state index in [1.165, 1.54) is 35.8 Å². The van der Waals surface area contributed by atoms with Gasteiger partial charge in [-0.05, 0) is 37.0 Å². The highest BCUT2D eigenvalue weighted by molar-refractivity contribution is 7.89. The van der Waals surface area contributed by atoms with Crippen LogP contribution >= 0.6 is 0 Å². The van der Waals surface area contributed by atoms with Gasteiger partial charge in [-0.2, -0.15) is 4.31 Å². The lowest BCUT2D eigenvalue weighted by Crippen LogP contribution is -2.52. The summed E-state index contributed by atoms with van der Waals surface area (Å²) in [5.41, 5.74) is 0.292. The van der Waals surface area contributed by atoms with Crippen LogP contribution in [0.1, 0.15) is 37.0 Å². The van der Waals surface area contributed by atoms with E-state index in [1.807, 2.05) is 13.8 Å². The summed E-state index contributed by atoms with van der Waals surface area (Å²) in [5, 5.41) is 2.61. The number of aromatic nitrogens is 1. The van der Waals surface area contributed by atoms with Gasteiger partial charge in [0.1, 0.15) is 18.3 Å². The lowest BCUT2D eigenvalue weighted by molar-refractivity contribution is -0.138. The van der Waals surface area contributed by atoms with E-state index in [-0.39, 0.29) is 29.8 Å². The smallest absolute Gasteiger partial charge is 0.261 e. The van der Waals surface area contributed by atoms with Gasteiger partial charge in [0, 0.05) is 12.7 Å². The Hall–Kier alpha value is -3.05. The molecule has 2 aliphatic rings. The SMILES string of the molecule is CC(C)CC(NC(=O)c1ccoc1)C(=O)N1CCC2C1C(=O)CN2S(=O)(=O)c1ccccn1. The van der Waals surface area contributed by atoms with Crippen LogP contribution in [-0.4, -0.2) is 71.4 Å². The molecule has 10 nitrogen and oxygen atoms in total. The van der Waals surface area contributed by atoms with Crippen LogP contribution in [-0.2, 0) is 19.6 Å². The number of carbonyl (C=O) groups is 3. The first-order chi connectivity index (χ1) is 15.7. The van der Waals surface area contributed by atoms with Gasteiger partial charge in [0.05, 0.1) is 24.4 Å². The molecule has 2 aromatic rings. The number of hydrogen-bond donors (Lipinski definition) is 1. The van der Waals surface area contributed by atoms with Crippen molar-refractivity contribution >= 4 is 27.6 Å². The Bertz CT molecular complexity index is 1130. The molecule has 2 fully saturated rings. The van der Waals surface area contributed by atoms with Gasteiger partial charge in [0.2, 0.25) is 5.91 Å². The largest absolute Gasteiger partial charge is 0.472 e. The Labute approximate surface area is 192 Å². The molecule has 0 aromatic carbocycles. The molecule has 33 heavy (non-hydrogen) atoms. The first-order valence-corrected chi connectivity index (χ1v) is 12.2. The average Bonchev–Trinajstić information content (AvgIpc) is 3.52. The molecule has 2 amide bonds. The summed E-state index contributed by atoms with van der Waals surface area (Å²) in [5.74, 6) is -1.08. The highest BCUT2D eigenvalue weighted by atomic mass is 32.2. The number of furan rings is 1. The number of rotatable bonds is 7. The van der Waals surface area contributed by atoms with Gasteiger partial charge in [-0.3, -0.25) is 14.4 Å². The number of hydrogen-bond acceptors (Lipinski definition) is 7. The van der Waals surface area contributed by atoms with Crippen LogP contribution in [0.15, 0.2) is 52.4 Å². The number of nitrogens with zero attached hydrogens (tertiary/aromatic N) is 3. The quantitative estimate of drug-likeness (QED) is 0.635. The number of Topliss-reactive ketones (excluding diaryl/α,β-unsaturated/α-hetero) is 1. The van der Waals surface area contributed by atoms with E-state index in [9.17, 15) is 22.8 Å². The second kappa shape index (κ2) is 9.06. The molecular formula is C22H26N4O6S. The molecule has 11 heteroatoms. The predicted octanol–water partition coefficient (Wildman–Crippen LogP) is 1.06. The van der Waals surface area contributed by atoms with E-state index < -0.39 is 40.0 Å². The maximum Gasteiger partial charge on any atom is 0.261 e. The fourth-order valence-electron chi connectivity index (χ4n) is 4.49. The standard InChI is InChI=1S/C22H26N4O6S/c1-14(2)11-16(24-21(28)15-7-10-32-13-15)22(29)25-9-6-17-20(25)18(27)12-26(17)33(30,31)19-5-3-4-8-23-19/h3-5,7-8,10,13-14,16-17,20H,6,9,11-12H2,1-2H3,(H,24,28). The van der Waals surface area contributed by atoms with E-state index in [4.69, 9.17) is 4.42 Å². The fourth-order valence-corrected chi connectivity index (χ4v) is 6.05. The van der Waals surface area contributed by atoms with Crippen LogP contribution in [0.3, 0.4) is 0 Å². The molecule has 0 aliphatic carbocycles. The molecule has 2 saturated heterocycles. The number of carbonyl (C=O) groups excluding carboxylic acids is 3. The van der Waals surface area contributed by atoms with Gasteiger partial charge >= 0.3 is 0 Å². The second-order valence-electron chi connectivity index (χ2n) is 8.68. The summed E-state index contributed by atoms with van der Waals surface area (Å²) in [7, 11) is -3.98. The Balaban J connectivity index is 1.55. The van der Waals surface area contributed by atoms with Crippen LogP contribution in [0.4, 0.5) is 0 Å². The molecule has 0 bridgehead atoms. The first-order valence-electron chi connectivity index (χ1n) is 10.8. The maximum atomic E-state index is 13.5. The van der Waals surface area contributed by atoms with Gasteiger partial charge in [-0.25, -0.2) is 13.4 Å². The molecule has 4 heterocycles. The third-order valence-electron chi connectivity index (χ3n) is 5.97. The summed E-state index contributed by atoms with van der Waals surface area (Å²) < 4.78 is 32.3. The van der Waals surface area contributed by atoms with E-state index >= 15 is 0 Å². The van der Waals surface area contributed by atoms with Crippen molar-refractivity contribution in [2.75, 3.05) is 13.1 Å². The topological polar surface area (TPSA) is 130 Å². The van der Waals surface area contributed by atoms with E-state index in [1.54, 1.807) is 12.1 Å². The minimum absolute atomic E-state index is 0.0994. The molecular weight excluding hydrogens is 448 g/mol. The molecule has 0 saturated carbocycles. The van der Waals surface area contributed by atoms with E-state index in [2.05, 4.69) is 10.3 Å². The van der Waals surface area contributed by atoms with Crippen LogP contribution in [0, 0.1) is 5.92 Å².